The number of hydrogen-bond donors (Lipinski definition) is 0. The van der Waals surface area contributed by atoms with Crippen molar-refractivity contribution in [3.05, 3.63) is 75.4 Å². The Balaban J connectivity index is 0.000000212. The van der Waals surface area contributed by atoms with E-state index in [0.717, 1.165) is 0 Å². The van der Waals surface area contributed by atoms with Crippen molar-refractivity contribution in [1.82, 2.24) is 0 Å². The molecule has 0 bridgehead atoms. The standard InChI is InChI=1S/C10H10O2.C4H6.C3H3N/c1-3-9-6-5-7-8(11-7)10(9,4-2)12-9;1-3-4-2;1-2-3-4/h3-8H,1-2H2;3-4H,1-2H2;2H,1H2. The van der Waals surface area contributed by atoms with E-state index in [1.807, 2.05) is 24.3 Å². The molecule has 3 aliphatic rings. The minimum atomic E-state index is -0.313. The lowest BCUT2D eigenvalue weighted by atomic mass is 9.84. The first kappa shape index (κ1) is 15.9. The van der Waals surface area contributed by atoms with Gasteiger partial charge < -0.3 is 9.47 Å². The van der Waals surface area contributed by atoms with E-state index < -0.39 is 0 Å². The molecule has 0 saturated carbocycles. The van der Waals surface area contributed by atoms with Crippen molar-refractivity contribution in [3.8, 4) is 6.07 Å². The van der Waals surface area contributed by atoms with E-state index in [4.69, 9.17) is 14.7 Å². The van der Waals surface area contributed by atoms with Crippen LogP contribution < -0.4 is 0 Å². The van der Waals surface area contributed by atoms with Crippen LogP contribution in [-0.4, -0.2) is 23.4 Å². The summed E-state index contributed by atoms with van der Waals surface area (Å²) in [5.41, 5.74) is -0.611. The van der Waals surface area contributed by atoms with Crippen molar-refractivity contribution in [2.24, 2.45) is 0 Å². The third-order valence-electron chi connectivity index (χ3n) is 3.25. The molecule has 0 aromatic carbocycles. The Morgan fingerprint density at radius 3 is 2.10 bits per heavy atom. The van der Waals surface area contributed by atoms with Gasteiger partial charge in [-0.25, -0.2) is 0 Å². The lowest BCUT2D eigenvalue weighted by Gasteiger charge is -2.10. The van der Waals surface area contributed by atoms with E-state index in [1.54, 1.807) is 18.2 Å². The fraction of sp³-hybridized carbons (Fsp3) is 0.235. The second-order valence-corrected chi connectivity index (χ2v) is 4.28. The second-order valence-electron chi connectivity index (χ2n) is 4.28. The number of rotatable bonds is 3. The summed E-state index contributed by atoms with van der Waals surface area (Å²) in [6.07, 6.45) is 12.6. The summed E-state index contributed by atoms with van der Waals surface area (Å²) in [5, 5.41) is 7.51. The topological polar surface area (TPSA) is 48.9 Å². The molecule has 3 heteroatoms. The third-order valence-corrected chi connectivity index (χ3v) is 3.25. The molecule has 2 fully saturated rings. The van der Waals surface area contributed by atoms with Gasteiger partial charge in [0, 0.05) is 6.08 Å². The van der Waals surface area contributed by atoms with Crippen molar-refractivity contribution >= 4 is 0 Å². The number of nitriles is 1. The molecule has 3 rings (SSSR count). The number of ether oxygens (including phenoxy) is 2. The smallest absolute Gasteiger partial charge is 0.153 e. The normalized spacial score (nSPS) is 36.8. The first-order valence-electron chi connectivity index (χ1n) is 6.17. The van der Waals surface area contributed by atoms with E-state index in [1.165, 1.54) is 6.08 Å². The quantitative estimate of drug-likeness (QED) is 0.342. The molecule has 2 heterocycles. The van der Waals surface area contributed by atoms with Gasteiger partial charge in [0.25, 0.3) is 0 Å². The number of epoxide rings is 2. The predicted molar refractivity (Wildman–Crippen MR) is 80.9 cm³/mol. The molecule has 4 atom stereocenters. The number of hydrogen-bond acceptors (Lipinski definition) is 3. The van der Waals surface area contributed by atoms with Gasteiger partial charge in [0.2, 0.25) is 0 Å². The van der Waals surface area contributed by atoms with E-state index in [0.29, 0.717) is 0 Å². The predicted octanol–water partition coefficient (Wildman–Crippen LogP) is 3.26. The Labute approximate surface area is 120 Å². The largest absolute Gasteiger partial charge is 0.361 e. The van der Waals surface area contributed by atoms with Crippen molar-refractivity contribution in [1.29, 1.82) is 5.26 Å². The first-order valence-corrected chi connectivity index (χ1v) is 6.17. The summed E-state index contributed by atoms with van der Waals surface area (Å²) in [6.45, 7) is 17.4. The van der Waals surface area contributed by atoms with Gasteiger partial charge in [-0.15, -0.1) is 0 Å². The summed E-state index contributed by atoms with van der Waals surface area (Å²) in [6, 6.07) is 1.69. The lowest BCUT2D eigenvalue weighted by Crippen LogP contribution is -2.30. The molecular weight excluding hydrogens is 250 g/mol. The first-order chi connectivity index (χ1) is 9.61. The van der Waals surface area contributed by atoms with Gasteiger partial charge in [-0.3, -0.25) is 0 Å². The highest BCUT2D eigenvalue weighted by Gasteiger charge is 2.77. The molecule has 0 amide bonds. The van der Waals surface area contributed by atoms with Crippen LogP contribution in [0.2, 0.25) is 0 Å². The highest BCUT2D eigenvalue weighted by molar-refractivity contribution is 5.47. The summed E-state index contributed by atoms with van der Waals surface area (Å²) < 4.78 is 11.1. The molecule has 0 aromatic rings. The van der Waals surface area contributed by atoms with Crippen LogP contribution in [0, 0.1) is 11.3 Å². The van der Waals surface area contributed by atoms with Crippen molar-refractivity contribution < 1.29 is 9.47 Å². The Morgan fingerprint density at radius 1 is 1.10 bits per heavy atom. The Bertz CT molecular complexity index is 494. The fourth-order valence-electron chi connectivity index (χ4n) is 2.14. The van der Waals surface area contributed by atoms with E-state index in [2.05, 4.69) is 32.9 Å². The maximum Gasteiger partial charge on any atom is 0.153 e. The van der Waals surface area contributed by atoms with Crippen LogP contribution in [0.5, 0.6) is 0 Å². The second kappa shape index (κ2) is 6.33. The molecule has 20 heavy (non-hydrogen) atoms. The maximum atomic E-state index is 7.51. The molecule has 0 N–H and O–H groups in total. The van der Waals surface area contributed by atoms with Crippen LogP contribution in [0.3, 0.4) is 0 Å². The van der Waals surface area contributed by atoms with Crippen LogP contribution >= 0.6 is 0 Å². The van der Waals surface area contributed by atoms with Gasteiger partial charge in [0.05, 0.1) is 6.07 Å². The van der Waals surface area contributed by atoms with Gasteiger partial charge in [0.15, 0.2) is 5.60 Å². The van der Waals surface area contributed by atoms with Crippen molar-refractivity contribution in [2.75, 3.05) is 0 Å². The van der Waals surface area contributed by atoms with Gasteiger partial charge in [-0.1, -0.05) is 63.3 Å². The Kier molecular flexibility index (Phi) is 5.04. The summed E-state index contributed by atoms with van der Waals surface area (Å²) in [4.78, 5) is 0. The zero-order chi connectivity index (χ0) is 15.2. The molecule has 1 aliphatic carbocycles. The minimum absolute atomic E-state index is 0.179. The molecular formula is C17H19NO2. The molecule has 0 radical (unpaired) electrons. The van der Waals surface area contributed by atoms with Crippen LogP contribution in [0.4, 0.5) is 0 Å². The molecule has 4 unspecified atom stereocenters. The van der Waals surface area contributed by atoms with E-state index >= 15 is 0 Å². The summed E-state index contributed by atoms with van der Waals surface area (Å²) in [5.74, 6) is 0. The number of allylic oxidation sites excluding steroid dienone is 3. The molecule has 2 aliphatic heterocycles. The average Bonchev–Trinajstić information content (AvgIpc) is 3.38. The van der Waals surface area contributed by atoms with Gasteiger partial charge in [0.1, 0.15) is 17.8 Å². The molecule has 2 saturated heterocycles. The SMILES string of the molecule is C=CC#N.C=CC12C=CC3OC3C1(C=C)O2.C=CC=C. The zero-order valence-electron chi connectivity index (χ0n) is 11.5. The minimum Gasteiger partial charge on any atom is -0.361 e. The molecule has 3 nitrogen and oxygen atoms in total. The summed E-state index contributed by atoms with van der Waals surface area (Å²) >= 11 is 0. The zero-order valence-corrected chi connectivity index (χ0v) is 11.5. The highest BCUT2D eigenvalue weighted by Crippen LogP contribution is 2.62. The van der Waals surface area contributed by atoms with Crippen LogP contribution in [-0.2, 0) is 9.47 Å². The van der Waals surface area contributed by atoms with Crippen molar-refractivity contribution in [3.63, 3.8) is 0 Å². The highest BCUT2D eigenvalue weighted by atomic mass is 16.7. The summed E-state index contributed by atoms with van der Waals surface area (Å²) in [7, 11) is 0. The third kappa shape index (κ3) is 2.57. The maximum absolute atomic E-state index is 7.51. The monoisotopic (exact) mass is 269 g/mol. The molecule has 0 aromatic heterocycles. The lowest BCUT2D eigenvalue weighted by molar-refractivity contribution is 0.265. The van der Waals surface area contributed by atoms with Crippen molar-refractivity contribution in [2.45, 2.75) is 23.4 Å². The Morgan fingerprint density at radius 2 is 1.70 bits per heavy atom. The number of fused-ring (bicyclic) bond motifs is 3. The molecule has 0 spiro atoms. The van der Waals surface area contributed by atoms with Crippen LogP contribution in [0.25, 0.3) is 0 Å². The van der Waals surface area contributed by atoms with Gasteiger partial charge in [-0.2, -0.15) is 5.26 Å². The van der Waals surface area contributed by atoms with Crippen LogP contribution in [0.15, 0.2) is 75.4 Å². The Hall–Kier alpha value is -2.15. The van der Waals surface area contributed by atoms with Gasteiger partial charge >= 0.3 is 0 Å². The van der Waals surface area contributed by atoms with E-state index in [9.17, 15) is 0 Å². The fourth-order valence-corrected chi connectivity index (χ4v) is 2.14. The van der Waals surface area contributed by atoms with Crippen LogP contribution in [0.1, 0.15) is 0 Å². The van der Waals surface area contributed by atoms with E-state index in [-0.39, 0.29) is 23.4 Å². The number of nitrogens with zero attached hydrogens (tertiary/aromatic N) is 1. The average molecular weight is 269 g/mol. The molecule has 104 valence electrons. The van der Waals surface area contributed by atoms with Gasteiger partial charge in [-0.05, 0) is 6.08 Å².